The van der Waals surface area contributed by atoms with Crippen LogP contribution in [0.15, 0.2) is 24.8 Å². The second-order valence-electron chi connectivity index (χ2n) is 4.12. The lowest BCUT2D eigenvalue weighted by atomic mass is 10.2. The summed E-state index contributed by atoms with van der Waals surface area (Å²) in [5, 5.41) is 0. The molecule has 1 aromatic carbocycles. The smallest absolute Gasteiger partial charge is 0.150 e. The number of halogens is 2. The first-order valence-electron chi connectivity index (χ1n) is 5.49. The number of rotatable bonds is 5. The quantitative estimate of drug-likeness (QED) is 0.579. The lowest BCUT2D eigenvalue weighted by Crippen LogP contribution is -2.27. The minimum atomic E-state index is -0.694. The summed E-state index contributed by atoms with van der Waals surface area (Å²) in [5.74, 6) is -1.39. The molecule has 0 atom stereocenters. The van der Waals surface area contributed by atoms with E-state index >= 15 is 0 Å². The van der Waals surface area contributed by atoms with Gasteiger partial charge in [0.15, 0.2) is 0 Å². The van der Waals surface area contributed by atoms with Crippen molar-refractivity contribution >= 4 is 12.0 Å². The summed E-state index contributed by atoms with van der Waals surface area (Å²) in [4.78, 5) is 12.2. The Bertz CT molecular complexity index is 432. The lowest BCUT2D eigenvalue weighted by molar-refractivity contribution is 0.112. The average Bonchev–Trinajstić information content (AvgIpc) is 3.10. The van der Waals surface area contributed by atoms with E-state index in [-0.39, 0.29) is 17.3 Å². The van der Waals surface area contributed by atoms with Crippen LogP contribution in [-0.4, -0.2) is 18.9 Å². The molecule has 17 heavy (non-hydrogen) atoms. The minimum Gasteiger partial charge on any atom is -0.360 e. The predicted molar refractivity (Wildman–Crippen MR) is 62.3 cm³/mol. The Balaban J connectivity index is 2.41. The van der Waals surface area contributed by atoms with E-state index in [0.29, 0.717) is 12.8 Å². The molecule has 0 spiro atoms. The van der Waals surface area contributed by atoms with E-state index < -0.39 is 11.6 Å². The predicted octanol–water partition coefficient (Wildman–Crippen LogP) is 2.93. The maximum absolute atomic E-state index is 13.8. The van der Waals surface area contributed by atoms with Crippen LogP contribution in [0.5, 0.6) is 0 Å². The van der Waals surface area contributed by atoms with E-state index in [0.717, 1.165) is 25.0 Å². The van der Waals surface area contributed by atoms with Gasteiger partial charge in [-0.25, -0.2) is 8.78 Å². The molecule has 0 saturated heterocycles. The SMILES string of the molecule is C=CCN(c1c(F)cc(C=O)cc1F)C1CC1. The molecule has 1 aliphatic carbocycles. The van der Waals surface area contributed by atoms with Crippen molar-refractivity contribution in [1.82, 2.24) is 0 Å². The van der Waals surface area contributed by atoms with Crippen LogP contribution in [0.4, 0.5) is 14.5 Å². The Kier molecular flexibility index (Phi) is 3.22. The Morgan fingerprint density at radius 1 is 1.35 bits per heavy atom. The Labute approximate surface area is 98.5 Å². The number of hydrogen-bond acceptors (Lipinski definition) is 2. The molecular weight excluding hydrogens is 224 g/mol. The van der Waals surface area contributed by atoms with Crippen LogP contribution in [-0.2, 0) is 0 Å². The number of nitrogens with zero attached hydrogens (tertiary/aromatic N) is 1. The Morgan fingerprint density at radius 3 is 2.35 bits per heavy atom. The molecule has 0 heterocycles. The van der Waals surface area contributed by atoms with Gasteiger partial charge in [-0.1, -0.05) is 6.08 Å². The molecule has 4 heteroatoms. The molecule has 0 N–H and O–H groups in total. The van der Waals surface area contributed by atoms with Gasteiger partial charge in [0.25, 0.3) is 0 Å². The highest BCUT2D eigenvalue weighted by Crippen LogP contribution is 2.34. The zero-order valence-electron chi connectivity index (χ0n) is 9.33. The molecule has 0 radical (unpaired) electrons. The summed E-state index contributed by atoms with van der Waals surface area (Å²) in [6.45, 7) is 3.99. The van der Waals surface area contributed by atoms with Gasteiger partial charge in [-0.3, -0.25) is 4.79 Å². The first kappa shape index (κ1) is 11.8. The molecule has 0 amide bonds. The van der Waals surface area contributed by atoms with Crippen molar-refractivity contribution in [2.45, 2.75) is 18.9 Å². The third-order valence-corrected chi connectivity index (χ3v) is 2.78. The van der Waals surface area contributed by atoms with Crippen LogP contribution < -0.4 is 4.90 Å². The van der Waals surface area contributed by atoms with Crippen molar-refractivity contribution in [3.8, 4) is 0 Å². The van der Waals surface area contributed by atoms with Crippen LogP contribution in [0.25, 0.3) is 0 Å². The molecule has 90 valence electrons. The van der Waals surface area contributed by atoms with Crippen molar-refractivity contribution < 1.29 is 13.6 Å². The third kappa shape index (κ3) is 2.35. The molecule has 1 aliphatic rings. The van der Waals surface area contributed by atoms with E-state index in [4.69, 9.17) is 0 Å². The van der Waals surface area contributed by atoms with Crippen molar-refractivity contribution in [2.75, 3.05) is 11.4 Å². The van der Waals surface area contributed by atoms with E-state index in [1.807, 2.05) is 0 Å². The number of carbonyl (C=O) groups is 1. The molecule has 0 unspecified atom stereocenters. The molecular formula is C13H13F2NO. The lowest BCUT2D eigenvalue weighted by Gasteiger charge is -2.24. The van der Waals surface area contributed by atoms with Gasteiger partial charge in [0.05, 0.1) is 0 Å². The largest absolute Gasteiger partial charge is 0.360 e. The number of anilines is 1. The van der Waals surface area contributed by atoms with E-state index in [1.165, 1.54) is 0 Å². The topological polar surface area (TPSA) is 20.3 Å². The van der Waals surface area contributed by atoms with Crippen LogP contribution in [0, 0.1) is 11.6 Å². The first-order valence-corrected chi connectivity index (χ1v) is 5.49. The number of carbonyl (C=O) groups excluding carboxylic acids is 1. The molecule has 1 fully saturated rings. The third-order valence-electron chi connectivity index (χ3n) is 2.78. The number of aldehydes is 1. The van der Waals surface area contributed by atoms with Gasteiger partial charge < -0.3 is 4.90 Å². The fraction of sp³-hybridized carbons (Fsp3) is 0.308. The van der Waals surface area contributed by atoms with Gasteiger partial charge in [0.1, 0.15) is 23.6 Å². The zero-order valence-corrected chi connectivity index (χ0v) is 9.33. The summed E-state index contributed by atoms with van der Waals surface area (Å²) in [7, 11) is 0. The van der Waals surface area contributed by atoms with Crippen molar-refractivity contribution in [2.24, 2.45) is 0 Å². The second kappa shape index (κ2) is 4.65. The van der Waals surface area contributed by atoms with Crippen molar-refractivity contribution in [1.29, 1.82) is 0 Å². The van der Waals surface area contributed by atoms with Crippen molar-refractivity contribution in [3.63, 3.8) is 0 Å². The van der Waals surface area contributed by atoms with E-state index in [1.54, 1.807) is 11.0 Å². The molecule has 1 saturated carbocycles. The van der Waals surface area contributed by atoms with Crippen LogP contribution in [0.2, 0.25) is 0 Å². The van der Waals surface area contributed by atoms with Crippen molar-refractivity contribution in [3.05, 3.63) is 42.0 Å². The van der Waals surface area contributed by atoms with Gasteiger partial charge in [0, 0.05) is 18.2 Å². The van der Waals surface area contributed by atoms with Crippen LogP contribution >= 0.6 is 0 Å². The number of hydrogen-bond donors (Lipinski definition) is 0. The summed E-state index contributed by atoms with van der Waals surface area (Å²) in [6, 6.07) is 2.30. The van der Waals surface area contributed by atoms with E-state index in [9.17, 15) is 13.6 Å². The summed E-state index contributed by atoms with van der Waals surface area (Å²) in [5.41, 5.74) is -0.0453. The fourth-order valence-corrected chi connectivity index (χ4v) is 1.88. The molecule has 0 aliphatic heterocycles. The molecule has 2 rings (SSSR count). The van der Waals surface area contributed by atoms with Gasteiger partial charge in [-0.2, -0.15) is 0 Å². The first-order chi connectivity index (χ1) is 8.17. The second-order valence-corrected chi connectivity index (χ2v) is 4.12. The van der Waals surface area contributed by atoms with Gasteiger partial charge in [-0.05, 0) is 25.0 Å². The molecule has 1 aromatic rings. The highest BCUT2D eigenvalue weighted by Gasteiger charge is 2.31. The van der Waals surface area contributed by atoms with Crippen LogP contribution in [0.3, 0.4) is 0 Å². The standard InChI is InChI=1S/C13H13F2NO/c1-2-5-16(10-3-4-10)13-11(14)6-9(8-17)7-12(13)15/h2,6-8,10H,1,3-5H2. The Morgan fingerprint density at radius 2 is 1.94 bits per heavy atom. The number of benzene rings is 1. The normalized spacial score (nSPS) is 14.5. The molecule has 2 nitrogen and oxygen atoms in total. The average molecular weight is 237 g/mol. The van der Waals surface area contributed by atoms with Gasteiger partial charge in [-0.15, -0.1) is 6.58 Å². The molecule has 0 aromatic heterocycles. The highest BCUT2D eigenvalue weighted by molar-refractivity contribution is 5.76. The van der Waals surface area contributed by atoms with Crippen LogP contribution in [0.1, 0.15) is 23.2 Å². The molecule has 0 bridgehead atoms. The highest BCUT2D eigenvalue weighted by atomic mass is 19.1. The summed E-state index contributed by atoms with van der Waals surface area (Å²) >= 11 is 0. The van der Waals surface area contributed by atoms with E-state index in [2.05, 4.69) is 6.58 Å². The van der Waals surface area contributed by atoms with Gasteiger partial charge in [0.2, 0.25) is 0 Å². The van der Waals surface area contributed by atoms with Gasteiger partial charge >= 0.3 is 0 Å². The minimum absolute atomic E-state index is 0.0121. The monoisotopic (exact) mass is 237 g/mol. The summed E-state index contributed by atoms with van der Waals surface area (Å²) < 4.78 is 27.6. The Hall–Kier alpha value is -1.71. The maximum atomic E-state index is 13.8. The maximum Gasteiger partial charge on any atom is 0.150 e. The fourth-order valence-electron chi connectivity index (χ4n) is 1.88. The summed E-state index contributed by atoms with van der Waals surface area (Å²) in [6.07, 6.45) is 3.92. The zero-order chi connectivity index (χ0) is 12.4.